The summed E-state index contributed by atoms with van der Waals surface area (Å²) in [7, 11) is 1.27. The summed E-state index contributed by atoms with van der Waals surface area (Å²) < 4.78 is 4.53. The molecule has 1 rings (SSSR count). The van der Waals surface area contributed by atoms with E-state index in [1.807, 2.05) is 0 Å². The van der Waals surface area contributed by atoms with E-state index in [-0.39, 0.29) is 23.0 Å². The first-order valence-electron chi connectivity index (χ1n) is 5.31. The van der Waals surface area contributed by atoms with Gasteiger partial charge in [0.2, 0.25) is 0 Å². The monoisotopic (exact) mass is 289 g/mol. The minimum Gasteiger partial charge on any atom is -0.468 e. The van der Waals surface area contributed by atoms with Crippen LogP contribution < -0.4 is 0 Å². The molecule has 0 fully saturated rings. The lowest BCUT2D eigenvalue weighted by Crippen LogP contribution is -2.36. The van der Waals surface area contributed by atoms with Crippen LogP contribution in [0.25, 0.3) is 0 Å². The number of benzene rings is 1. The second-order valence-electron chi connectivity index (χ2n) is 3.50. The number of carbonyl (C=O) groups is 2. The van der Waals surface area contributed by atoms with Gasteiger partial charge in [-0.2, -0.15) is 0 Å². The summed E-state index contributed by atoms with van der Waals surface area (Å²) in [5.41, 5.74) is 0.273. The highest BCUT2D eigenvalue weighted by atomic mass is 35.5. The average molecular weight is 290 g/mol. The Hall–Kier alpha value is -1.26. The topological polar surface area (TPSA) is 46.6 Å². The van der Waals surface area contributed by atoms with Gasteiger partial charge in [0.15, 0.2) is 0 Å². The van der Waals surface area contributed by atoms with Crippen molar-refractivity contribution in [2.45, 2.75) is 6.92 Å². The zero-order valence-electron chi connectivity index (χ0n) is 10.1. The van der Waals surface area contributed by atoms with Crippen LogP contribution in [0.1, 0.15) is 17.3 Å². The predicted octanol–water partition coefficient (Wildman–Crippen LogP) is 2.63. The molecule has 0 radical (unpaired) electrons. The smallest absolute Gasteiger partial charge is 0.325 e. The number of hydrogen-bond acceptors (Lipinski definition) is 3. The van der Waals surface area contributed by atoms with Crippen LogP contribution in [0, 0.1) is 0 Å². The van der Waals surface area contributed by atoms with E-state index in [1.54, 1.807) is 25.1 Å². The minimum absolute atomic E-state index is 0.116. The van der Waals surface area contributed by atoms with Gasteiger partial charge in [-0.15, -0.1) is 0 Å². The Morgan fingerprint density at radius 3 is 2.56 bits per heavy atom. The van der Waals surface area contributed by atoms with Gasteiger partial charge in [0, 0.05) is 6.54 Å². The Balaban J connectivity index is 2.97. The number of amides is 1. The summed E-state index contributed by atoms with van der Waals surface area (Å²) in [5.74, 6) is -0.834. The van der Waals surface area contributed by atoms with Crippen molar-refractivity contribution in [2.75, 3.05) is 20.2 Å². The third-order valence-corrected chi connectivity index (χ3v) is 3.22. The molecule has 0 N–H and O–H groups in total. The standard InChI is InChI=1S/C12H13Cl2NO3/c1-3-15(7-10(16)18-2)12(17)8-5-4-6-9(13)11(8)14/h4-6H,3,7H2,1-2H3. The van der Waals surface area contributed by atoms with Gasteiger partial charge in [-0.3, -0.25) is 9.59 Å². The molecule has 18 heavy (non-hydrogen) atoms. The molecule has 0 saturated heterocycles. The van der Waals surface area contributed by atoms with Crippen molar-refractivity contribution in [3.05, 3.63) is 33.8 Å². The lowest BCUT2D eigenvalue weighted by molar-refractivity contribution is -0.141. The van der Waals surface area contributed by atoms with Crippen LogP contribution in [0.15, 0.2) is 18.2 Å². The van der Waals surface area contributed by atoms with E-state index in [9.17, 15) is 9.59 Å². The zero-order chi connectivity index (χ0) is 13.7. The Bertz CT molecular complexity index is 463. The van der Waals surface area contributed by atoms with E-state index in [0.717, 1.165) is 0 Å². The molecule has 6 heteroatoms. The van der Waals surface area contributed by atoms with Crippen molar-refractivity contribution in [1.82, 2.24) is 4.90 Å². The SMILES string of the molecule is CCN(CC(=O)OC)C(=O)c1cccc(Cl)c1Cl. The van der Waals surface area contributed by atoms with E-state index < -0.39 is 5.97 Å². The number of methoxy groups -OCH3 is 1. The fourth-order valence-electron chi connectivity index (χ4n) is 1.39. The lowest BCUT2D eigenvalue weighted by atomic mass is 10.2. The average Bonchev–Trinajstić information content (AvgIpc) is 2.38. The third-order valence-electron chi connectivity index (χ3n) is 2.40. The molecule has 0 aliphatic carbocycles. The zero-order valence-corrected chi connectivity index (χ0v) is 11.6. The number of ether oxygens (including phenoxy) is 1. The predicted molar refractivity (Wildman–Crippen MR) is 70.1 cm³/mol. The molecule has 0 atom stereocenters. The van der Waals surface area contributed by atoms with Gasteiger partial charge >= 0.3 is 5.97 Å². The Kier molecular flexibility index (Phi) is 5.44. The number of esters is 1. The van der Waals surface area contributed by atoms with Gasteiger partial charge in [-0.1, -0.05) is 29.3 Å². The summed E-state index contributed by atoms with van der Waals surface area (Å²) in [5, 5.41) is 0.490. The largest absolute Gasteiger partial charge is 0.468 e. The molecule has 1 aromatic rings. The highest BCUT2D eigenvalue weighted by Gasteiger charge is 2.20. The second-order valence-corrected chi connectivity index (χ2v) is 4.28. The highest BCUT2D eigenvalue weighted by molar-refractivity contribution is 6.43. The molecule has 0 aromatic heterocycles. The fraction of sp³-hybridized carbons (Fsp3) is 0.333. The maximum Gasteiger partial charge on any atom is 0.325 e. The summed E-state index contributed by atoms with van der Waals surface area (Å²) in [6.45, 7) is 2.02. The Morgan fingerprint density at radius 2 is 2.00 bits per heavy atom. The first kappa shape index (κ1) is 14.8. The van der Waals surface area contributed by atoms with Crippen LogP contribution in [-0.2, 0) is 9.53 Å². The number of halogens is 2. The molecule has 0 saturated carbocycles. The van der Waals surface area contributed by atoms with Crippen LogP contribution >= 0.6 is 23.2 Å². The Morgan fingerprint density at radius 1 is 1.33 bits per heavy atom. The van der Waals surface area contributed by atoms with Crippen molar-refractivity contribution in [3.8, 4) is 0 Å². The highest BCUT2D eigenvalue weighted by Crippen LogP contribution is 2.26. The molecule has 0 heterocycles. The summed E-state index contributed by atoms with van der Waals surface area (Å²) in [6.07, 6.45) is 0. The first-order chi connectivity index (χ1) is 8.51. The van der Waals surface area contributed by atoms with Gasteiger partial charge < -0.3 is 9.64 Å². The van der Waals surface area contributed by atoms with Gasteiger partial charge in [0.05, 0.1) is 22.7 Å². The Labute approximate surface area is 115 Å². The van der Waals surface area contributed by atoms with E-state index in [0.29, 0.717) is 11.6 Å². The molecule has 1 amide bonds. The number of rotatable bonds is 4. The van der Waals surface area contributed by atoms with Crippen LogP contribution in [0.2, 0.25) is 10.0 Å². The molecule has 0 unspecified atom stereocenters. The van der Waals surface area contributed by atoms with Crippen molar-refractivity contribution >= 4 is 35.1 Å². The van der Waals surface area contributed by atoms with Crippen molar-refractivity contribution in [3.63, 3.8) is 0 Å². The van der Waals surface area contributed by atoms with Gasteiger partial charge in [0.25, 0.3) is 5.91 Å². The van der Waals surface area contributed by atoms with Crippen molar-refractivity contribution < 1.29 is 14.3 Å². The molecule has 0 bridgehead atoms. The molecule has 4 nitrogen and oxygen atoms in total. The number of nitrogens with zero attached hydrogens (tertiary/aromatic N) is 1. The second kappa shape index (κ2) is 6.61. The van der Waals surface area contributed by atoms with Crippen LogP contribution in [0.5, 0.6) is 0 Å². The molecule has 0 aliphatic heterocycles. The van der Waals surface area contributed by atoms with Crippen LogP contribution in [-0.4, -0.2) is 37.0 Å². The maximum atomic E-state index is 12.2. The van der Waals surface area contributed by atoms with E-state index in [4.69, 9.17) is 23.2 Å². The summed E-state index contributed by atoms with van der Waals surface area (Å²) in [4.78, 5) is 24.7. The fourth-order valence-corrected chi connectivity index (χ4v) is 1.77. The number of likely N-dealkylation sites (N-methyl/N-ethyl adjacent to an activating group) is 1. The summed E-state index contributed by atoms with van der Waals surface area (Å²) >= 11 is 11.8. The van der Waals surface area contributed by atoms with Gasteiger partial charge in [-0.25, -0.2) is 0 Å². The summed E-state index contributed by atoms with van der Waals surface area (Å²) in [6, 6.07) is 4.79. The first-order valence-corrected chi connectivity index (χ1v) is 6.07. The maximum absolute atomic E-state index is 12.2. The number of hydrogen-bond donors (Lipinski definition) is 0. The van der Waals surface area contributed by atoms with Crippen molar-refractivity contribution in [2.24, 2.45) is 0 Å². The number of carbonyl (C=O) groups excluding carboxylic acids is 2. The van der Waals surface area contributed by atoms with Crippen molar-refractivity contribution in [1.29, 1.82) is 0 Å². The van der Waals surface area contributed by atoms with E-state index >= 15 is 0 Å². The molecule has 98 valence electrons. The van der Waals surface area contributed by atoms with Gasteiger partial charge in [0.1, 0.15) is 6.54 Å². The normalized spacial score (nSPS) is 10.0. The molecular formula is C12H13Cl2NO3. The molecule has 1 aromatic carbocycles. The molecule has 0 aliphatic rings. The minimum atomic E-state index is -0.483. The quantitative estimate of drug-likeness (QED) is 0.801. The lowest BCUT2D eigenvalue weighted by Gasteiger charge is -2.20. The van der Waals surface area contributed by atoms with Gasteiger partial charge in [-0.05, 0) is 19.1 Å². The molecular weight excluding hydrogens is 277 g/mol. The molecule has 0 spiro atoms. The van der Waals surface area contributed by atoms with E-state index in [2.05, 4.69) is 4.74 Å². The van der Waals surface area contributed by atoms with Crippen LogP contribution in [0.4, 0.5) is 0 Å². The van der Waals surface area contributed by atoms with Crippen LogP contribution in [0.3, 0.4) is 0 Å². The van der Waals surface area contributed by atoms with E-state index in [1.165, 1.54) is 12.0 Å². The third kappa shape index (κ3) is 3.37.